The zero-order chi connectivity index (χ0) is 14.5. The van der Waals surface area contributed by atoms with Crippen molar-refractivity contribution in [2.45, 2.75) is 6.54 Å². The summed E-state index contributed by atoms with van der Waals surface area (Å²) in [7, 11) is 0. The highest BCUT2D eigenvalue weighted by Crippen LogP contribution is 2.16. The summed E-state index contributed by atoms with van der Waals surface area (Å²) in [6.45, 7) is 0.370. The lowest BCUT2D eigenvalue weighted by atomic mass is 10.2. The molecule has 2 aromatic rings. The molecule has 0 aliphatic rings. The first-order valence-electron chi connectivity index (χ1n) is 5.67. The molecule has 2 amide bonds. The van der Waals surface area contributed by atoms with Crippen LogP contribution >= 0.6 is 22.9 Å². The summed E-state index contributed by atoms with van der Waals surface area (Å²) in [5.41, 5.74) is 2.45. The molecular formula is C13H11ClN2O3S. The molecule has 1 aromatic heterocycles. The van der Waals surface area contributed by atoms with E-state index in [4.69, 9.17) is 16.8 Å². The molecule has 0 bridgehead atoms. The number of hydroxylamine groups is 1. The normalized spacial score (nSPS) is 10.1. The van der Waals surface area contributed by atoms with E-state index < -0.39 is 5.91 Å². The van der Waals surface area contributed by atoms with Gasteiger partial charge in [0.2, 0.25) is 0 Å². The molecule has 5 nitrogen and oxygen atoms in total. The highest BCUT2D eigenvalue weighted by molar-refractivity contribution is 7.15. The number of nitrogens with one attached hydrogen (secondary N) is 2. The summed E-state index contributed by atoms with van der Waals surface area (Å²) in [4.78, 5) is 23.7. The van der Waals surface area contributed by atoms with Gasteiger partial charge in [0.15, 0.2) is 0 Å². The second-order valence-corrected chi connectivity index (χ2v) is 5.43. The second-order valence-electron chi connectivity index (χ2n) is 3.91. The predicted molar refractivity (Wildman–Crippen MR) is 76.2 cm³/mol. The lowest BCUT2D eigenvalue weighted by Crippen LogP contribution is -2.21. The van der Waals surface area contributed by atoms with E-state index in [0.29, 0.717) is 16.4 Å². The molecule has 0 spiro atoms. The van der Waals surface area contributed by atoms with Crippen molar-refractivity contribution in [3.8, 4) is 0 Å². The number of benzene rings is 1. The summed E-state index contributed by atoms with van der Waals surface area (Å²) in [5.74, 6) is -0.909. The number of hydrogen-bond donors (Lipinski definition) is 3. The van der Waals surface area contributed by atoms with Gasteiger partial charge < -0.3 is 5.32 Å². The van der Waals surface area contributed by atoms with Crippen molar-refractivity contribution >= 4 is 34.8 Å². The van der Waals surface area contributed by atoms with Gasteiger partial charge in [0.05, 0.1) is 9.75 Å². The average molecular weight is 311 g/mol. The van der Waals surface area contributed by atoms with Crippen LogP contribution in [-0.2, 0) is 6.54 Å². The van der Waals surface area contributed by atoms with E-state index in [2.05, 4.69) is 5.32 Å². The van der Waals surface area contributed by atoms with Crippen molar-refractivity contribution in [2.24, 2.45) is 0 Å². The van der Waals surface area contributed by atoms with Gasteiger partial charge >= 0.3 is 0 Å². The Morgan fingerprint density at radius 1 is 1.05 bits per heavy atom. The van der Waals surface area contributed by atoms with E-state index in [9.17, 15) is 9.59 Å². The maximum Gasteiger partial charge on any atom is 0.284 e. The molecule has 0 aliphatic carbocycles. The highest BCUT2D eigenvalue weighted by Gasteiger charge is 2.12. The Morgan fingerprint density at radius 3 is 2.25 bits per heavy atom. The minimum Gasteiger partial charge on any atom is -0.347 e. The van der Waals surface area contributed by atoms with Gasteiger partial charge in [-0.15, -0.1) is 11.3 Å². The van der Waals surface area contributed by atoms with E-state index in [1.165, 1.54) is 17.6 Å². The quantitative estimate of drug-likeness (QED) is 0.599. The molecule has 7 heteroatoms. The van der Waals surface area contributed by atoms with Gasteiger partial charge in [0.1, 0.15) is 0 Å². The first-order valence-corrected chi connectivity index (χ1v) is 6.86. The Labute approximate surface area is 124 Å². The SMILES string of the molecule is O=C(NO)c1ccc(C(=O)NCc2ccc(Cl)cc2)s1. The molecule has 0 saturated heterocycles. The molecule has 0 fully saturated rings. The molecule has 2 rings (SSSR count). The smallest absolute Gasteiger partial charge is 0.284 e. The van der Waals surface area contributed by atoms with Crippen molar-refractivity contribution in [1.29, 1.82) is 0 Å². The van der Waals surface area contributed by atoms with Crippen molar-refractivity contribution < 1.29 is 14.8 Å². The third-order valence-electron chi connectivity index (χ3n) is 2.52. The van der Waals surface area contributed by atoms with Crippen LogP contribution in [0.2, 0.25) is 5.02 Å². The maximum atomic E-state index is 11.9. The molecule has 104 valence electrons. The fourth-order valence-corrected chi connectivity index (χ4v) is 2.45. The lowest BCUT2D eigenvalue weighted by Gasteiger charge is -2.03. The molecule has 0 saturated carbocycles. The fraction of sp³-hybridized carbons (Fsp3) is 0.0769. The summed E-state index contributed by atoms with van der Waals surface area (Å²) in [6.07, 6.45) is 0. The molecule has 0 unspecified atom stereocenters. The van der Waals surface area contributed by atoms with Crippen molar-refractivity contribution in [3.63, 3.8) is 0 Å². The van der Waals surface area contributed by atoms with Crippen LogP contribution in [0.4, 0.5) is 0 Å². The van der Waals surface area contributed by atoms with Gasteiger partial charge in [-0.05, 0) is 29.8 Å². The molecule has 20 heavy (non-hydrogen) atoms. The molecule has 0 aliphatic heterocycles. The van der Waals surface area contributed by atoms with Crippen LogP contribution in [-0.4, -0.2) is 17.0 Å². The molecular weight excluding hydrogens is 300 g/mol. The van der Waals surface area contributed by atoms with Crippen molar-refractivity contribution in [3.05, 3.63) is 56.7 Å². The Hall–Kier alpha value is -1.89. The van der Waals surface area contributed by atoms with E-state index in [-0.39, 0.29) is 10.8 Å². The van der Waals surface area contributed by atoms with Gasteiger partial charge in [0, 0.05) is 11.6 Å². The first-order chi connectivity index (χ1) is 9.60. The van der Waals surface area contributed by atoms with Gasteiger partial charge in [-0.1, -0.05) is 23.7 Å². The van der Waals surface area contributed by atoms with Crippen LogP contribution in [0.1, 0.15) is 24.9 Å². The largest absolute Gasteiger partial charge is 0.347 e. The fourth-order valence-electron chi connectivity index (χ4n) is 1.51. The van der Waals surface area contributed by atoms with E-state index in [1.54, 1.807) is 12.1 Å². The Bertz CT molecular complexity index is 625. The van der Waals surface area contributed by atoms with Gasteiger partial charge in [-0.25, -0.2) is 5.48 Å². The maximum absolute atomic E-state index is 11.9. The molecule has 0 radical (unpaired) electrons. The molecule has 3 N–H and O–H groups in total. The monoisotopic (exact) mass is 310 g/mol. The third-order valence-corrected chi connectivity index (χ3v) is 3.86. The minimum atomic E-state index is -0.633. The topological polar surface area (TPSA) is 78.4 Å². The summed E-state index contributed by atoms with van der Waals surface area (Å²) in [5, 5.41) is 11.9. The van der Waals surface area contributed by atoms with Gasteiger partial charge in [-0.2, -0.15) is 0 Å². The number of rotatable bonds is 4. The predicted octanol–water partition coefficient (Wildman–Crippen LogP) is 2.45. The third kappa shape index (κ3) is 3.57. The number of thiophene rings is 1. The summed E-state index contributed by atoms with van der Waals surface area (Å²) < 4.78 is 0. The molecule has 1 aromatic carbocycles. The van der Waals surface area contributed by atoms with Crippen LogP contribution in [0, 0.1) is 0 Å². The van der Waals surface area contributed by atoms with Gasteiger partial charge in [0.25, 0.3) is 11.8 Å². The van der Waals surface area contributed by atoms with Crippen LogP contribution in [0.15, 0.2) is 36.4 Å². The van der Waals surface area contributed by atoms with E-state index in [1.807, 2.05) is 12.1 Å². The van der Waals surface area contributed by atoms with Gasteiger partial charge in [-0.3, -0.25) is 14.8 Å². The van der Waals surface area contributed by atoms with E-state index in [0.717, 1.165) is 16.9 Å². The van der Waals surface area contributed by atoms with Crippen LogP contribution in [0.5, 0.6) is 0 Å². The number of hydrogen-bond acceptors (Lipinski definition) is 4. The number of amides is 2. The zero-order valence-electron chi connectivity index (χ0n) is 10.2. The lowest BCUT2D eigenvalue weighted by molar-refractivity contribution is 0.0711. The molecule has 0 atom stereocenters. The summed E-state index contributed by atoms with van der Waals surface area (Å²) >= 11 is 6.78. The Balaban J connectivity index is 1.96. The number of halogens is 1. The molecule has 1 heterocycles. The van der Waals surface area contributed by atoms with Crippen LogP contribution in [0.25, 0.3) is 0 Å². The standard InChI is InChI=1S/C13H11ClN2O3S/c14-9-3-1-8(2-4-9)7-15-12(17)10-5-6-11(20-10)13(18)16-19/h1-6,19H,7H2,(H,15,17)(H,16,18). The van der Waals surface area contributed by atoms with E-state index >= 15 is 0 Å². The summed E-state index contributed by atoms with van der Waals surface area (Å²) in [6, 6.07) is 10.2. The Morgan fingerprint density at radius 2 is 1.65 bits per heavy atom. The Kier molecular flexibility index (Phi) is 4.73. The van der Waals surface area contributed by atoms with Crippen molar-refractivity contribution in [2.75, 3.05) is 0 Å². The minimum absolute atomic E-state index is 0.268. The zero-order valence-corrected chi connectivity index (χ0v) is 11.8. The van der Waals surface area contributed by atoms with Crippen molar-refractivity contribution in [1.82, 2.24) is 10.8 Å². The first kappa shape index (κ1) is 14.5. The van der Waals surface area contributed by atoms with Crippen LogP contribution in [0.3, 0.4) is 0 Å². The second kappa shape index (κ2) is 6.51. The van der Waals surface area contributed by atoms with Crippen LogP contribution < -0.4 is 10.8 Å². The number of carbonyl (C=O) groups is 2. The highest BCUT2D eigenvalue weighted by atomic mass is 35.5. The average Bonchev–Trinajstić information content (AvgIpc) is 2.95. The number of carbonyl (C=O) groups excluding carboxylic acids is 2.